The zero-order valence-corrected chi connectivity index (χ0v) is 15.1. The van der Waals surface area contributed by atoms with E-state index in [4.69, 9.17) is 0 Å². The van der Waals surface area contributed by atoms with Crippen LogP contribution in [-0.2, 0) is 4.79 Å². The van der Waals surface area contributed by atoms with Crippen LogP contribution in [0.1, 0.15) is 26.2 Å². The zero-order valence-electron chi connectivity index (χ0n) is 13.5. The van der Waals surface area contributed by atoms with Crippen LogP contribution in [0.3, 0.4) is 0 Å². The van der Waals surface area contributed by atoms with Crippen LogP contribution in [0.25, 0.3) is 5.65 Å². The Bertz CT molecular complexity index is 785. The maximum Gasteiger partial charge on any atom is 0.293 e. The molecule has 2 aromatic heterocycles. The van der Waals surface area contributed by atoms with Gasteiger partial charge in [-0.1, -0.05) is 25.5 Å². The standard InChI is InChI=1S/C17H19N3O2S2/c1-2-3-6-13-16(21)20(17(22)24-13)10-5-12-23-15-8-4-7-14-18-9-11-19(14)15/h4,6-9,11H,2-3,5,10,12H2,1H3. The average Bonchev–Trinajstić information content (AvgIpc) is 3.16. The Labute approximate surface area is 149 Å². The Morgan fingerprint density at radius 1 is 1.33 bits per heavy atom. The summed E-state index contributed by atoms with van der Waals surface area (Å²) in [5, 5.41) is 0.964. The van der Waals surface area contributed by atoms with E-state index in [0.717, 1.165) is 47.5 Å². The molecule has 1 aliphatic heterocycles. The van der Waals surface area contributed by atoms with E-state index in [1.54, 1.807) is 18.0 Å². The number of nitrogens with zero attached hydrogens (tertiary/aromatic N) is 3. The van der Waals surface area contributed by atoms with Crippen molar-refractivity contribution >= 4 is 40.3 Å². The Hall–Kier alpha value is -1.73. The molecule has 1 aliphatic rings. The lowest BCUT2D eigenvalue weighted by Gasteiger charge is -2.12. The van der Waals surface area contributed by atoms with Gasteiger partial charge in [0, 0.05) is 24.7 Å². The van der Waals surface area contributed by atoms with Gasteiger partial charge in [0.1, 0.15) is 5.65 Å². The summed E-state index contributed by atoms with van der Waals surface area (Å²) in [5.74, 6) is 0.702. The number of thioether (sulfide) groups is 2. The predicted octanol–water partition coefficient (Wildman–Crippen LogP) is 4.20. The van der Waals surface area contributed by atoms with Crippen LogP contribution in [0.4, 0.5) is 4.79 Å². The van der Waals surface area contributed by atoms with E-state index in [1.165, 1.54) is 4.90 Å². The third kappa shape index (κ3) is 3.67. The van der Waals surface area contributed by atoms with Crippen molar-refractivity contribution in [2.45, 2.75) is 31.2 Å². The Morgan fingerprint density at radius 2 is 2.21 bits per heavy atom. The minimum absolute atomic E-state index is 0.139. The molecule has 126 valence electrons. The third-order valence-electron chi connectivity index (χ3n) is 3.66. The molecule has 2 amide bonds. The van der Waals surface area contributed by atoms with Gasteiger partial charge in [0.15, 0.2) is 0 Å². The molecule has 0 bridgehead atoms. The molecule has 0 aliphatic carbocycles. The molecule has 0 spiro atoms. The van der Waals surface area contributed by atoms with Crippen molar-refractivity contribution < 1.29 is 9.59 Å². The maximum absolute atomic E-state index is 12.2. The number of carbonyl (C=O) groups is 2. The largest absolute Gasteiger partial charge is 0.294 e. The normalized spacial score (nSPS) is 16.7. The highest BCUT2D eigenvalue weighted by Crippen LogP contribution is 2.31. The summed E-state index contributed by atoms with van der Waals surface area (Å²) >= 11 is 2.77. The van der Waals surface area contributed by atoms with E-state index in [2.05, 4.69) is 11.9 Å². The van der Waals surface area contributed by atoms with Gasteiger partial charge in [-0.25, -0.2) is 4.98 Å². The smallest absolute Gasteiger partial charge is 0.293 e. The van der Waals surface area contributed by atoms with E-state index >= 15 is 0 Å². The van der Waals surface area contributed by atoms with E-state index in [0.29, 0.717) is 11.4 Å². The summed E-state index contributed by atoms with van der Waals surface area (Å²) in [6.45, 7) is 2.53. The lowest BCUT2D eigenvalue weighted by molar-refractivity contribution is -0.122. The van der Waals surface area contributed by atoms with Gasteiger partial charge in [0.25, 0.3) is 11.1 Å². The molecule has 5 nitrogen and oxygen atoms in total. The first-order valence-corrected chi connectivity index (χ1v) is 9.79. The summed E-state index contributed by atoms with van der Waals surface area (Å²) < 4.78 is 2.04. The second kappa shape index (κ2) is 7.90. The van der Waals surface area contributed by atoms with Crippen molar-refractivity contribution in [2.24, 2.45) is 0 Å². The fourth-order valence-corrected chi connectivity index (χ4v) is 4.27. The molecule has 3 rings (SSSR count). The van der Waals surface area contributed by atoms with Gasteiger partial charge in [-0.3, -0.25) is 18.9 Å². The van der Waals surface area contributed by atoms with Crippen LogP contribution in [0.2, 0.25) is 0 Å². The molecule has 7 heteroatoms. The number of hydrogen-bond acceptors (Lipinski definition) is 5. The number of amides is 2. The van der Waals surface area contributed by atoms with Crippen molar-refractivity contribution in [3.63, 3.8) is 0 Å². The minimum atomic E-state index is -0.149. The molecule has 24 heavy (non-hydrogen) atoms. The van der Waals surface area contributed by atoms with Crippen molar-refractivity contribution in [1.82, 2.24) is 14.3 Å². The van der Waals surface area contributed by atoms with Crippen molar-refractivity contribution in [3.05, 3.63) is 41.6 Å². The molecule has 0 atom stereocenters. The molecule has 1 fully saturated rings. The first kappa shape index (κ1) is 17.1. The average molecular weight is 361 g/mol. The Balaban J connectivity index is 1.52. The van der Waals surface area contributed by atoms with Crippen LogP contribution in [0.15, 0.2) is 46.6 Å². The van der Waals surface area contributed by atoms with E-state index < -0.39 is 0 Å². The summed E-state index contributed by atoms with van der Waals surface area (Å²) in [4.78, 5) is 30.4. The SMILES string of the molecule is CCCC=C1SC(=O)N(CCCSc2cccc3nccn23)C1=O. The van der Waals surface area contributed by atoms with Crippen molar-refractivity contribution in [1.29, 1.82) is 0 Å². The first-order valence-electron chi connectivity index (χ1n) is 7.99. The monoisotopic (exact) mass is 361 g/mol. The number of allylic oxidation sites excluding steroid dienone is 1. The minimum Gasteiger partial charge on any atom is -0.294 e. The van der Waals surface area contributed by atoms with Gasteiger partial charge >= 0.3 is 0 Å². The fourth-order valence-electron chi connectivity index (χ4n) is 2.44. The quantitative estimate of drug-likeness (QED) is 0.420. The number of unbranched alkanes of at least 4 members (excludes halogenated alkanes) is 1. The van der Waals surface area contributed by atoms with Gasteiger partial charge in [-0.15, -0.1) is 11.8 Å². The summed E-state index contributed by atoms with van der Waals surface area (Å²) in [6, 6.07) is 6.00. The molecule has 2 aromatic rings. The Morgan fingerprint density at radius 3 is 3.04 bits per heavy atom. The van der Waals surface area contributed by atoms with Gasteiger partial charge in [-0.2, -0.15) is 0 Å². The summed E-state index contributed by atoms with van der Waals surface area (Å²) in [6.07, 6.45) is 8.17. The highest BCUT2D eigenvalue weighted by Gasteiger charge is 2.34. The predicted molar refractivity (Wildman–Crippen MR) is 98.2 cm³/mol. The van der Waals surface area contributed by atoms with Crippen molar-refractivity contribution in [2.75, 3.05) is 12.3 Å². The molecular weight excluding hydrogens is 342 g/mol. The molecule has 0 aromatic carbocycles. The molecule has 0 unspecified atom stereocenters. The molecule has 0 radical (unpaired) electrons. The summed E-state index contributed by atoms with van der Waals surface area (Å²) in [5.41, 5.74) is 0.923. The van der Waals surface area contributed by atoms with Crippen LogP contribution < -0.4 is 0 Å². The number of aromatic nitrogens is 2. The Kier molecular flexibility index (Phi) is 5.63. The van der Waals surface area contributed by atoms with Gasteiger partial charge < -0.3 is 0 Å². The van der Waals surface area contributed by atoms with E-state index in [9.17, 15) is 9.59 Å². The zero-order chi connectivity index (χ0) is 16.9. The molecule has 0 N–H and O–H groups in total. The number of imide groups is 1. The van der Waals surface area contributed by atoms with Crippen molar-refractivity contribution in [3.8, 4) is 0 Å². The van der Waals surface area contributed by atoms with Crippen LogP contribution >= 0.6 is 23.5 Å². The van der Waals surface area contributed by atoms with E-state index in [-0.39, 0.29) is 11.1 Å². The number of pyridine rings is 1. The molecular formula is C17H19N3O2S2. The fraction of sp³-hybridized carbons (Fsp3) is 0.353. The lowest BCUT2D eigenvalue weighted by Crippen LogP contribution is -2.29. The van der Waals surface area contributed by atoms with Gasteiger partial charge in [0.05, 0.1) is 9.93 Å². The maximum atomic E-state index is 12.2. The van der Waals surface area contributed by atoms with Gasteiger partial charge in [-0.05, 0) is 36.7 Å². The number of fused-ring (bicyclic) bond motifs is 1. The molecule has 1 saturated heterocycles. The van der Waals surface area contributed by atoms with Crippen LogP contribution in [0.5, 0.6) is 0 Å². The van der Waals surface area contributed by atoms with Gasteiger partial charge in [0.2, 0.25) is 0 Å². The molecule has 3 heterocycles. The second-order valence-corrected chi connectivity index (χ2v) is 7.51. The number of hydrogen-bond donors (Lipinski definition) is 0. The highest BCUT2D eigenvalue weighted by atomic mass is 32.2. The molecule has 0 saturated carbocycles. The third-order valence-corrected chi connectivity index (χ3v) is 5.74. The first-order chi connectivity index (χ1) is 11.7. The number of rotatable bonds is 7. The number of carbonyl (C=O) groups excluding carboxylic acids is 2. The number of imidazole rings is 1. The van der Waals surface area contributed by atoms with Crippen LogP contribution in [-0.4, -0.2) is 37.7 Å². The van der Waals surface area contributed by atoms with E-state index in [1.807, 2.05) is 34.9 Å². The summed E-state index contributed by atoms with van der Waals surface area (Å²) in [7, 11) is 0. The highest BCUT2D eigenvalue weighted by molar-refractivity contribution is 8.18. The van der Waals surface area contributed by atoms with Crippen LogP contribution in [0, 0.1) is 0 Å². The second-order valence-electron chi connectivity index (χ2n) is 5.40. The topological polar surface area (TPSA) is 54.7 Å². The lowest BCUT2D eigenvalue weighted by atomic mass is 10.3.